The molecule has 0 spiro atoms. The molecule has 1 aliphatic rings. The van der Waals surface area contributed by atoms with Gasteiger partial charge in [-0.05, 0) is 13.3 Å². The van der Waals surface area contributed by atoms with Crippen molar-refractivity contribution in [1.82, 2.24) is 10.2 Å². The average molecular weight is 229 g/mol. The number of ether oxygens (including phenoxy) is 1. The lowest BCUT2D eigenvalue weighted by atomic mass is 10.1. The van der Waals surface area contributed by atoms with Gasteiger partial charge in [0.1, 0.15) is 0 Å². The molecule has 1 saturated heterocycles. The normalized spacial score (nSPS) is 21.6. The van der Waals surface area contributed by atoms with E-state index in [9.17, 15) is 0 Å². The molecule has 16 heavy (non-hydrogen) atoms. The monoisotopic (exact) mass is 229 g/mol. The van der Waals surface area contributed by atoms with E-state index in [1.807, 2.05) is 0 Å². The fraction of sp³-hybridized carbons (Fsp3) is 0.909. The van der Waals surface area contributed by atoms with Gasteiger partial charge in [0, 0.05) is 32.7 Å². The van der Waals surface area contributed by atoms with Crippen molar-refractivity contribution in [2.45, 2.75) is 13.3 Å². The number of aliphatic hydroxyl groups excluding tert-OH is 1. The van der Waals surface area contributed by atoms with Crippen molar-refractivity contribution in [3.8, 4) is 0 Å². The predicted molar refractivity (Wildman–Crippen MR) is 64.6 cm³/mol. The molecule has 0 aromatic heterocycles. The van der Waals surface area contributed by atoms with Crippen LogP contribution >= 0.6 is 0 Å². The number of hydrogen-bond donors (Lipinski definition) is 2. The lowest BCUT2D eigenvalue weighted by Crippen LogP contribution is -2.40. The molecular weight excluding hydrogens is 206 g/mol. The molecule has 0 bridgehead atoms. The summed E-state index contributed by atoms with van der Waals surface area (Å²) >= 11 is 0. The van der Waals surface area contributed by atoms with Crippen LogP contribution in [-0.2, 0) is 4.74 Å². The Morgan fingerprint density at radius 3 is 3.06 bits per heavy atom. The van der Waals surface area contributed by atoms with Crippen LogP contribution in [0.2, 0.25) is 0 Å². The van der Waals surface area contributed by atoms with E-state index < -0.39 is 0 Å². The zero-order valence-corrected chi connectivity index (χ0v) is 10.3. The topological polar surface area (TPSA) is 57.1 Å². The number of hydrogen-bond acceptors (Lipinski definition) is 3. The minimum absolute atomic E-state index is 0.101. The van der Waals surface area contributed by atoms with Crippen molar-refractivity contribution in [2.24, 2.45) is 10.9 Å². The summed E-state index contributed by atoms with van der Waals surface area (Å²) in [6.45, 7) is 6.30. The molecule has 1 heterocycles. The Morgan fingerprint density at radius 2 is 2.44 bits per heavy atom. The minimum atomic E-state index is 0.101. The van der Waals surface area contributed by atoms with Crippen LogP contribution in [0.15, 0.2) is 4.99 Å². The summed E-state index contributed by atoms with van der Waals surface area (Å²) in [5.41, 5.74) is 0. The number of guanidine groups is 1. The third kappa shape index (κ3) is 3.98. The maximum absolute atomic E-state index is 8.79. The fourth-order valence-electron chi connectivity index (χ4n) is 1.98. The van der Waals surface area contributed by atoms with Gasteiger partial charge in [-0.3, -0.25) is 4.99 Å². The predicted octanol–water partition coefficient (Wildman–Crippen LogP) is -0.0875. The second kappa shape index (κ2) is 7.46. The number of aliphatic imine (C=N–C) groups is 1. The van der Waals surface area contributed by atoms with E-state index in [1.165, 1.54) is 0 Å². The quantitative estimate of drug-likeness (QED) is 0.511. The summed E-state index contributed by atoms with van der Waals surface area (Å²) < 4.78 is 5.17. The highest BCUT2D eigenvalue weighted by molar-refractivity contribution is 5.80. The molecule has 1 unspecified atom stereocenters. The van der Waals surface area contributed by atoms with Gasteiger partial charge < -0.3 is 20.1 Å². The van der Waals surface area contributed by atoms with Crippen molar-refractivity contribution in [1.29, 1.82) is 0 Å². The molecule has 2 N–H and O–H groups in total. The average Bonchev–Trinajstić information content (AvgIpc) is 2.73. The van der Waals surface area contributed by atoms with Crippen molar-refractivity contribution in [3.05, 3.63) is 0 Å². The molecule has 0 aliphatic carbocycles. The van der Waals surface area contributed by atoms with E-state index in [2.05, 4.69) is 22.1 Å². The molecule has 0 saturated carbocycles. The van der Waals surface area contributed by atoms with Crippen LogP contribution in [0, 0.1) is 5.92 Å². The van der Waals surface area contributed by atoms with Crippen LogP contribution in [0.5, 0.6) is 0 Å². The van der Waals surface area contributed by atoms with Crippen LogP contribution in [0.4, 0.5) is 0 Å². The number of likely N-dealkylation sites (tertiary alicyclic amines) is 1. The first-order chi connectivity index (χ1) is 7.81. The zero-order chi connectivity index (χ0) is 11.8. The summed E-state index contributed by atoms with van der Waals surface area (Å²) in [5, 5.41) is 12.0. The maximum Gasteiger partial charge on any atom is 0.194 e. The van der Waals surface area contributed by atoms with Crippen LogP contribution in [0.25, 0.3) is 0 Å². The first kappa shape index (κ1) is 13.3. The van der Waals surface area contributed by atoms with Gasteiger partial charge in [-0.2, -0.15) is 0 Å². The van der Waals surface area contributed by atoms with E-state index in [-0.39, 0.29) is 6.61 Å². The highest BCUT2D eigenvalue weighted by Gasteiger charge is 2.24. The number of nitrogens with one attached hydrogen (secondary N) is 1. The van der Waals surface area contributed by atoms with E-state index in [1.54, 1.807) is 7.11 Å². The largest absolute Gasteiger partial charge is 0.394 e. The van der Waals surface area contributed by atoms with Crippen LogP contribution in [0.1, 0.15) is 13.3 Å². The molecule has 0 amide bonds. The van der Waals surface area contributed by atoms with Gasteiger partial charge in [0.15, 0.2) is 5.96 Å². The van der Waals surface area contributed by atoms with Gasteiger partial charge in [-0.15, -0.1) is 0 Å². The Hall–Kier alpha value is -0.810. The number of nitrogens with zero attached hydrogens (tertiary/aromatic N) is 2. The molecule has 94 valence electrons. The Bertz CT molecular complexity index is 221. The first-order valence-corrected chi connectivity index (χ1v) is 5.94. The Morgan fingerprint density at radius 1 is 1.62 bits per heavy atom. The second-order valence-corrected chi connectivity index (χ2v) is 4.02. The van der Waals surface area contributed by atoms with Gasteiger partial charge in [-0.1, -0.05) is 0 Å². The molecule has 1 aliphatic heterocycles. The summed E-state index contributed by atoms with van der Waals surface area (Å²) in [6, 6.07) is 0. The number of aliphatic hydroxyl groups is 1. The smallest absolute Gasteiger partial charge is 0.194 e. The summed E-state index contributed by atoms with van der Waals surface area (Å²) in [6.07, 6.45) is 1.15. The Kier molecular flexibility index (Phi) is 6.18. The Labute approximate surface area is 97.5 Å². The minimum Gasteiger partial charge on any atom is -0.394 e. The highest BCUT2D eigenvalue weighted by Crippen LogP contribution is 2.16. The number of methoxy groups -OCH3 is 1. The second-order valence-electron chi connectivity index (χ2n) is 4.02. The zero-order valence-electron chi connectivity index (χ0n) is 10.3. The number of rotatable bonds is 5. The fourth-order valence-corrected chi connectivity index (χ4v) is 1.98. The molecule has 5 heteroatoms. The SMILES string of the molecule is CCNC(=NCCO)N1CCC(COC)C1. The molecule has 5 nitrogen and oxygen atoms in total. The third-order valence-corrected chi connectivity index (χ3v) is 2.68. The summed E-state index contributed by atoms with van der Waals surface area (Å²) in [5.74, 6) is 1.51. The molecule has 0 aromatic carbocycles. The van der Waals surface area contributed by atoms with Crippen molar-refractivity contribution in [2.75, 3.05) is 46.5 Å². The maximum atomic E-state index is 8.79. The van der Waals surface area contributed by atoms with Gasteiger partial charge in [0.2, 0.25) is 0 Å². The van der Waals surface area contributed by atoms with Crippen molar-refractivity contribution < 1.29 is 9.84 Å². The van der Waals surface area contributed by atoms with Gasteiger partial charge >= 0.3 is 0 Å². The van der Waals surface area contributed by atoms with Crippen molar-refractivity contribution in [3.63, 3.8) is 0 Å². The summed E-state index contributed by atoms with van der Waals surface area (Å²) in [4.78, 5) is 6.59. The van der Waals surface area contributed by atoms with Crippen molar-refractivity contribution >= 4 is 5.96 Å². The first-order valence-electron chi connectivity index (χ1n) is 5.94. The molecule has 0 aromatic rings. The molecule has 1 atom stereocenters. The van der Waals surface area contributed by atoms with E-state index >= 15 is 0 Å². The van der Waals surface area contributed by atoms with Gasteiger partial charge in [-0.25, -0.2) is 0 Å². The molecule has 1 fully saturated rings. The van der Waals surface area contributed by atoms with E-state index in [0.29, 0.717) is 12.5 Å². The lowest BCUT2D eigenvalue weighted by Gasteiger charge is -2.21. The van der Waals surface area contributed by atoms with E-state index in [0.717, 1.165) is 38.6 Å². The molecule has 1 rings (SSSR count). The molecule has 0 radical (unpaired) electrons. The lowest BCUT2D eigenvalue weighted by molar-refractivity contribution is 0.157. The van der Waals surface area contributed by atoms with Crippen LogP contribution in [-0.4, -0.2) is 62.5 Å². The van der Waals surface area contributed by atoms with Gasteiger partial charge in [0.05, 0.1) is 19.8 Å². The molecular formula is C11H23N3O2. The van der Waals surface area contributed by atoms with Gasteiger partial charge in [0.25, 0.3) is 0 Å². The third-order valence-electron chi connectivity index (χ3n) is 2.68. The van der Waals surface area contributed by atoms with Crippen LogP contribution < -0.4 is 5.32 Å². The Balaban J connectivity index is 2.46. The van der Waals surface area contributed by atoms with E-state index in [4.69, 9.17) is 9.84 Å². The van der Waals surface area contributed by atoms with Crippen LogP contribution in [0.3, 0.4) is 0 Å². The standard InChI is InChI=1S/C11H23N3O2/c1-3-12-11(13-5-7-15)14-6-4-10(8-14)9-16-2/h10,15H,3-9H2,1-2H3,(H,12,13). The highest BCUT2D eigenvalue weighted by atomic mass is 16.5. The summed E-state index contributed by atoms with van der Waals surface area (Å²) in [7, 11) is 1.74.